The quantitative estimate of drug-likeness (QED) is 0.164. The van der Waals surface area contributed by atoms with Crippen LogP contribution in [0.2, 0.25) is 0 Å². The van der Waals surface area contributed by atoms with E-state index >= 15 is 0 Å². The molecule has 45 heavy (non-hydrogen) atoms. The van der Waals surface area contributed by atoms with E-state index in [1.165, 1.54) is 5.57 Å². The van der Waals surface area contributed by atoms with Crippen LogP contribution in [0, 0.1) is 45.3 Å². The number of hydrogen-bond acceptors (Lipinski definition) is 9. The van der Waals surface area contributed by atoms with Gasteiger partial charge in [-0.15, -0.1) is 0 Å². The number of rotatable bonds is 7. The van der Waals surface area contributed by atoms with Crippen LogP contribution >= 0.6 is 0 Å². The maximum absolute atomic E-state index is 12.1. The van der Waals surface area contributed by atoms with Crippen molar-refractivity contribution in [2.75, 3.05) is 6.61 Å². The number of allylic oxidation sites excluding steroid dienone is 2. The molecule has 0 aromatic rings. The zero-order valence-electron chi connectivity index (χ0n) is 28.8. The molecule has 260 valence electrons. The fourth-order valence-electron chi connectivity index (χ4n) is 11.9. The van der Waals surface area contributed by atoms with E-state index in [4.69, 9.17) is 9.47 Å². The Morgan fingerprint density at radius 3 is 2.22 bits per heavy atom. The van der Waals surface area contributed by atoms with Gasteiger partial charge in [0.25, 0.3) is 0 Å². The molecule has 1 heterocycles. The summed E-state index contributed by atoms with van der Waals surface area (Å²) in [5.41, 5.74) is -1.21. The highest BCUT2D eigenvalue weighted by atomic mass is 16.7. The summed E-state index contributed by atoms with van der Waals surface area (Å²) in [5.74, 6) is -0.186. The molecule has 1 aliphatic heterocycles. The van der Waals surface area contributed by atoms with Crippen LogP contribution in [0.5, 0.6) is 0 Å². The highest BCUT2D eigenvalue weighted by Gasteiger charge is 2.73. The molecule has 9 heteroatoms. The number of hydrogen-bond donors (Lipinski definition) is 7. The van der Waals surface area contributed by atoms with Gasteiger partial charge >= 0.3 is 0 Å². The lowest BCUT2D eigenvalue weighted by Crippen LogP contribution is -2.71. The van der Waals surface area contributed by atoms with Crippen LogP contribution in [-0.2, 0) is 9.47 Å². The Hall–Kier alpha value is -0.620. The maximum Gasteiger partial charge on any atom is 0.186 e. The fourth-order valence-corrected chi connectivity index (χ4v) is 11.9. The van der Waals surface area contributed by atoms with Gasteiger partial charge in [-0.1, -0.05) is 46.3 Å². The minimum atomic E-state index is -1.54. The molecular weight excluding hydrogens is 576 g/mol. The van der Waals surface area contributed by atoms with E-state index in [2.05, 4.69) is 54.5 Å². The standard InChI is InChI=1S/C36H62O9/c1-19(2)10-9-13-36(8,43)20-11-15-34(6)26(20)21(38)16-24-33(5)14-12-25(39)32(3,4)30(33)22(17-35(24,34)7)44-31-29(42)28(41)27(40)23(18-37)45-31/h10,20-31,37-43H,9,11-18H2,1-8H3/t20-,21+,22-,23+,24+,25-,26-,27+,28-,29+,30+,31+,33+,34+,35+,36-/m0/s1. The first-order valence-corrected chi connectivity index (χ1v) is 17.4. The second kappa shape index (κ2) is 12.1. The Morgan fingerprint density at radius 2 is 1.60 bits per heavy atom. The molecule has 5 aliphatic rings. The van der Waals surface area contributed by atoms with Crippen molar-refractivity contribution in [2.45, 2.75) is 161 Å². The van der Waals surface area contributed by atoms with Crippen molar-refractivity contribution in [3.05, 3.63) is 11.6 Å². The first kappa shape index (κ1) is 35.7. The predicted molar refractivity (Wildman–Crippen MR) is 170 cm³/mol. The molecule has 0 unspecified atom stereocenters. The molecule has 4 aliphatic carbocycles. The summed E-state index contributed by atoms with van der Waals surface area (Å²) < 4.78 is 12.6. The molecule has 0 aromatic carbocycles. The van der Waals surface area contributed by atoms with Crippen LogP contribution in [0.1, 0.15) is 107 Å². The minimum absolute atomic E-state index is 0.0548. The van der Waals surface area contributed by atoms with Crippen molar-refractivity contribution < 1.29 is 45.2 Å². The molecule has 4 saturated carbocycles. The van der Waals surface area contributed by atoms with Gasteiger partial charge in [-0.3, -0.25) is 0 Å². The van der Waals surface area contributed by atoms with Crippen molar-refractivity contribution in [1.29, 1.82) is 0 Å². The number of ether oxygens (including phenoxy) is 2. The summed E-state index contributed by atoms with van der Waals surface area (Å²) in [6, 6.07) is 0. The monoisotopic (exact) mass is 638 g/mol. The van der Waals surface area contributed by atoms with E-state index in [0.29, 0.717) is 25.7 Å². The van der Waals surface area contributed by atoms with Gasteiger partial charge in [0.2, 0.25) is 0 Å². The predicted octanol–water partition coefficient (Wildman–Crippen LogP) is 3.30. The third kappa shape index (κ3) is 5.48. The molecule has 16 atom stereocenters. The zero-order chi connectivity index (χ0) is 33.5. The summed E-state index contributed by atoms with van der Waals surface area (Å²) in [6.07, 6.45) is -0.603. The summed E-state index contributed by atoms with van der Waals surface area (Å²) in [5, 5.41) is 77.2. The second-order valence-corrected chi connectivity index (χ2v) is 17.5. The summed E-state index contributed by atoms with van der Waals surface area (Å²) in [6.45, 7) is 16.6. The van der Waals surface area contributed by atoms with Gasteiger partial charge in [-0.05, 0) is 117 Å². The van der Waals surface area contributed by atoms with Gasteiger partial charge in [-0.25, -0.2) is 0 Å². The highest BCUT2D eigenvalue weighted by Crippen LogP contribution is 2.76. The molecule has 0 aromatic heterocycles. The lowest BCUT2D eigenvalue weighted by Gasteiger charge is -2.72. The number of fused-ring (bicyclic) bond motifs is 5. The summed E-state index contributed by atoms with van der Waals surface area (Å²) >= 11 is 0. The zero-order valence-corrected chi connectivity index (χ0v) is 28.8. The Bertz CT molecular complexity index is 1100. The Kier molecular flexibility index (Phi) is 9.56. The molecule has 0 amide bonds. The van der Waals surface area contributed by atoms with Gasteiger partial charge < -0.3 is 45.2 Å². The van der Waals surface area contributed by atoms with Crippen LogP contribution in [0.3, 0.4) is 0 Å². The van der Waals surface area contributed by atoms with E-state index in [0.717, 1.165) is 25.7 Å². The third-order valence-corrected chi connectivity index (χ3v) is 14.4. The van der Waals surface area contributed by atoms with Crippen LogP contribution in [0.4, 0.5) is 0 Å². The molecule has 9 nitrogen and oxygen atoms in total. The molecule has 0 radical (unpaired) electrons. The lowest BCUT2D eigenvalue weighted by molar-refractivity contribution is -0.346. The van der Waals surface area contributed by atoms with Gasteiger partial charge in [0, 0.05) is 0 Å². The van der Waals surface area contributed by atoms with E-state index in [1.807, 2.05) is 6.92 Å². The first-order valence-electron chi connectivity index (χ1n) is 17.4. The average Bonchev–Trinajstić information content (AvgIpc) is 3.33. The van der Waals surface area contributed by atoms with Crippen LogP contribution < -0.4 is 0 Å². The molecule has 0 spiro atoms. The van der Waals surface area contributed by atoms with Crippen molar-refractivity contribution in [3.8, 4) is 0 Å². The molecular formula is C36H62O9. The largest absolute Gasteiger partial charge is 0.394 e. The van der Waals surface area contributed by atoms with Crippen LogP contribution in [0.25, 0.3) is 0 Å². The van der Waals surface area contributed by atoms with Crippen LogP contribution in [-0.4, -0.2) is 97.0 Å². The molecule has 5 fully saturated rings. The smallest absolute Gasteiger partial charge is 0.186 e. The molecule has 1 saturated heterocycles. The third-order valence-electron chi connectivity index (χ3n) is 14.4. The number of aliphatic hydroxyl groups excluding tert-OH is 6. The van der Waals surface area contributed by atoms with Crippen molar-refractivity contribution >= 4 is 0 Å². The van der Waals surface area contributed by atoms with E-state index in [1.54, 1.807) is 0 Å². The highest BCUT2D eigenvalue weighted by molar-refractivity contribution is 5.22. The second-order valence-electron chi connectivity index (χ2n) is 17.5. The Morgan fingerprint density at radius 1 is 0.933 bits per heavy atom. The normalized spacial score (nSPS) is 52.2. The van der Waals surface area contributed by atoms with Gasteiger partial charge in [0.1, 0.15) is 24.4 Å². The van der Waals surface area contributed by atoms with Crippen molar-refractivity contribution in [1.82, 2.24) is 0 Å². The maximum atomic E-state index is 12.1. The number of aliphatic hydroxyl groups is 7. The average molecular weight is 639 g/mol. The topological polar surface area (TPSA) is 160 Å². The Balaban J connectivity index is 1.54. The SMILES string of the molecule is CC(C)=CCC[C@](C)(O)[C@H]1CC[C@]2(C)[C@@H]1[C@H](O)C[C@@H]1[C@@]3(C)CC[C@H](O)C(C)(C)[C@H]3[C@@H](O[C@@H]3O[C@H](CO)[C@@H](O)[C@H](O)[C@H]3O)C[C@]12C. The fraction of sp³-hybridized carbons (Fsp3) is 0.944. The Labute approximate surface area is 270 Å². The van der Waals surface area contributed by atoms with Crippen molar-refractivity contribution in [2.24, 2.45) is 45.3 Å². The lowest BCUT2D eigenvalue weighted by atomic mass is 9.34. The van der Waals surface area contributed by atoms with Gasteiger partial charge in [0.15, 0.2) is 6.29 Å². The first-order chi connectivity index (χ1) is 20.8. The molecule has 7 N–H and O–H groups in total. The van der Waals surface area contributed by atoms with Crippen LogP contribution in [0.15, 0.2) is 11.6 Å². The van der Waals surface area contributed by atoms with Gasteiger partial charge in [0.05, 0.1) is 30.5 Å². The minimum Gasteiger partial charge on any atom is -0.394 e. The van der Waals surface area contributed by atoms with E-state index < -0.39 is 66.6 Å². The van der Waals surface area contributed by atoms with E-state index in [-0.39, 0.29) is 39.9 Å². The van der Waals surface area contributed by atoms with Gasteiger partial charge in [-0.2, -0.15) is 0 Å². The van der Waals surface area contributed by atoms with Crippen molar-refractivity contribution in [3.63, 3.8) is 0 Å². The van der Waals surface area contributed by atoms with E-state index in [9.17, 15) is 35.7 Å². The molecule has 0 bridgehead atoms. The summed E-state index contributed by atoms with van der Waals surface area (Å²) in [7, 11) is 0. The summed E-state index contributed by atoms with van der Waals surface area (Å²) in [4.78, 5) is 0. The molecule has 5 rings (SSSR count).